The summed E-state index contributed by atoms with van der Waals surface area (Å²) in [5.41, 5.74) is 0. The molecule has 1 fully saturated rings. The molecule has 0 saturated carbocycles. The third-order valence-electron chi connectivity index (χ3n) is 3.00. The lowest BCUT2D eigenvalue weighted by atomic mass is 10.5. The van der Waals surface area contributed by atoms with E-state index in [1.807, 2.05) is 47.0 Å². The average Bonchev–Trinajstić information content (AvgIpc) is 2.56. The van der Waals surface area contributed by atoms with Crippen molar-refractivity contribution < 1.29 is 19.1 Å². The second-order valence-corrected chi connectivity index (χ2v) is 9.68. The van der Waals surface area contributed by atoms with Gasteiger partial charge in [0.1, 0.15) is 0 Å². The Balaban J connectivity index is 1.99. The van der Waals surface area contributed by atoms with E-state index in [2.05, 4.69) is 9.47 Å². The predicted molar refractivity (Wildman–Crippen MR) is 100 cm³/mol. The van der Waals surface area contributed by atoms with E-state index in [9.17, 15) is 9.59 Å². The molecule has 0 N–H and O–H groups in total. The Labute approximate surface area is 150 Å². The van der Waals surface area contributed by atoms with Gasteiger partial charge < -0.3 is 9.47 Å². The van der Waals surface area contributed by atoms with Gasteiger partial charge in [-0.05, 0) is 0 Å². The summed E-state index contributed by atoms with van der Waals surface area (Å²) in [4.78, 5) is 22.0. The quantitative estimate of drug-likeness (QED) is 0.421. The number of hydrogen-bond donors (Lipinski definition) is 0. The highest BCUT2D eigenvalue weighted by atomic mass is 32.2. The third kappa shape index (κ3) is 9.47. The van der Waals surface area contributed by atoms with E-state index < -0.39 is 0 Å². The van der Waals surface area contributed by atoms with Gasteiger partial charge in [-0.15, -0.1) is 0 Å². The molecule has 0 aromatic carbocycles. The second-order valence-electron chi connectivity index (χ2n) is 4.71. The molecule has 2 atom stereocenters. The topological polar surface area (TPSA) is 52.6 Å². The third-order valence-corrected chi connectivity index (χ3v) is 8.90. The summed E-state index contributed by atoms with van der Waals surface area (Å²) in [6.45, 7) is 0. The molecule has 128 valence electrons. The van der Waals surface area contributed by atoms with E-state index in [0.717, 1.165) is 23.0 Å². The number of esters is 2. The van der Waals surface area contributed by atoms with E-state index in [0.29, 0.717) is 23.3 Å². The van der Waals surface area contributed by atoms with Gasteiger partial charge >= 0.3 is 11.9 Å². The van der Waals surface area contributed by atoms with Crippen molar-refractivity contribution in [2.75, 3.05) is 48.7 Å². The van der Waals surface area contributed by atoms with Crippen LogP contribution in [0.5, 0.6) is 0 Å². The van der Waals surface area contributed by atoms with E-state index >= 15 is 0 Å². The molecular weight excluding hydrogens is 360 g/mol. The Morgan fingerprint density at radius 2 is 1.32 bits per heavy atom. The molecule has 1 saturated heterocycles. The lowest BCUT2D eigenvalue weighted by Crippen LogP contribution is -2.25. The lowest BCUT2D eigenvalue weighted by molar-refractivity contribution is -0.141. The molecule has 0 radical (unpaired) electrons. The maximum Gasteiger partial charge on any atom is 0.306 e. The zero-order valence-electron chi connectivity index (χ0n) is 13.1. The van der Waals surface area contributed by atoms with Gasteiger partial charge in [0, 0.05) is 45.0 Å². The van der Waals surface area contributed by atoms with Crippen LogP contribution in [-0.4, -0.2) is 71.2 Å². The fraction of sp³-hybridized carbons (Fsp3) is 0.857. The fourth-order valence-electron chi connectivity index (χ4n) is 1.72. The van der Waals surface area contributed by atoms with Crippen LogP contribution >= 0.6 is 47.0 Å². The van der Waals surface area contributed by atoms with E-state index in [-0.39, 0.29) is 11.9 Å². The normalized spacial score (nSPS) is 21.4. The molecule has 0 bridgehead atoms. The molecule has 0 amide bonds. The molecule has 8 heteroatoms. The first-order chi connectivity index (χ1) is 10.7. The number of ether oxygens (including phenoxy) is 2. The molecule has 1 rings (SSSR count). The summed E-state index contributed by atoms with van der Waals surface area (Å²) in [7, 11) is 2.87. The minimum atomic E-state index is -0.123. The average molecular weight is 385 g/mol. The first-order valence-corrected chi connectivity index (χ1v) is 11.6. The summed E-state index contributed by atoms with van der Waals surface area (Å²) in [5, 5.41) is 1.37. The smallest absolute Gasteiger partial charge is 0.306 e. The van der Waals surface area contributed by atoms with Crippen molar-refractivity contribution >= 4 is 59.0 Å². The molecule has 0 spiro atoms. The van der Waals surface area contributed by atoms with Gasteiger partial charge in [-0.3, -0.25) is 9.59 Å². The van der Waals surface area contributed by atoms with Gasteiger partial charge in [0.2, 0.25) is 0 Å². The van der Waals surface area contributed by atoms with Crippen molar-refractivity contribution in [1.82, 2.24) is 0 Å². The van der Waals surface area contributed by atoms with Crippen molar-refractivity contribution in [1.29, 1.82) is 0 Å². The van der Waals surface area contributed by atoms with Crippen LogP contribution in [0.1, 0.15) is 12.8 Å². The minimum absolute atomic E-state index is 0.123. The molecule has 0 aromatic rings. The Kier molecular flexibility index (Phi) is 11.8. The SMILES string of the molecule is COC(=O)CCSCC1CSC(CSCCC(=O)OC)CS1. The largest absolute Gasteiger partial charge is 0.469 e. The van der Waals surface area contributed by atoms with E-state index in [1.54, 1.807) is 0 Å². The van der Waals surface area contributed by atoms with Crippen molar-refractivity contribution in [2.45, 2.75) is 23.3 Å². The summed E-state index contributed by atoms with van der Waals surface area (Å²) in [6, 6.07) is 0. The highest BCUT2D eigenvalue weighted by molar-refractivity contribution is 8.09. The maximum atomic E-state index is 11.0. The van der Waals surface area contributed by atoms with Gasteiger partial charge in [-0.25, -0.2) is 0 Å². The molecule has 1 aliphatic rings. The highest BCUT2D eigenvalue weighted by Crippen LogP contribution is 2.33. The molecule has 2 unspecified atom stereocenters. The highest BCUT2D eigenvalue weighted by Gasteiger charge is 2.22. The van der Waals surface area contributed by atoms with Gasteiger partial charge in [-0.1, -0.05) is 0 Å². The number of carbonyl (C=O) groups excluding carboxylic acids is 2. The molecule has 22 heavy (non-hydrogen) atoms. The lowest BCUT2D eigenvalue weighted by Gasteiger charge is -2.27. The van der Waals surface area contributed by atoms with E-state index in [4.69, 9.17) is 0 Å². The summed E-state index contributed by atoms with van der Waals surface area (Å²) in [5.74, 6) is 6.02. The van der Waals surface area contributed by atoms with Crippen molar-refractivity contribution in [3.63, 3.8) is 0 Å². The van der Waals surface area contributed by atoms with Crippen LogP contribution in [0.15, 0.2) is 0 Å². The van der Waals surface area contributed by atoms with Gasteiger partial charge in [-0.2, -0.15) is 47.0 Å². The van der Waals surface area contributed by atoms with Crippen molar-refractivity contribution in [2.24, 2.45) is 0 Å². The number of methoxy groups -OCH3 is 2. The van der Waals surface area contributed by atoms with Crippen LogP contribution in [0.4, 0.5) is 0 Å². The van der Waals surface area contributed by atoms with Crippen molar-refractivity contribution in [3.8, 4) is 0 Å². The molecule has 1 heterocycles. The maximum absolute atomic E-state index is 11.0. The minimum Gasteiger partial charge on any atom is -0.469 e. The Bertz CT molecular complexity index is 301. The van der Waals surface area contributed by atoms with Crippen LogP contribution in [-0.2, 0) is 19.1 Å². The van der Waals surface area contributed by atoms with Crippen LogP contribution in [0, 0.1) is 0 Å². The first-order valence-electron chi connectivity index (χ1n) is 7.18. The van der Waals surface area contributed by atoms with Crippen LogP contribution < -0.4 is 0 Å². The number of rotatable bonds is 10. The second kappa shape index (κ2) is 12.7. The Hall–Kier alpha value is 0.340. The monoisotopic (exact) mass is 384 g/mol. The zero-order valence-corrected chi connectivity index (χ0v) is 16.3. The van der Waals surface area contributed by atoms with Crippen molar-refractivity contribution in [3.05, 3.63) is 0 Å². The first kappa shape index (κ1) is 20.4. The zero-order chi connectivity index (χ0) is 16.2. The number of carbonyl (C=O) groups is 2. The molecular formula is C14H24O4S4. The van der Waals surface area contributed by atoms with E-state index in [1.165, 1.54) is 25.7 Å². The molecule has 0 aromatic heterocycles. The number of thioether (sulfide) groups is 4. The van der Waals surface area contributed by atoms with Gasteiger partial charge in [0.25, 0.3) is 0 Å². The summed E-state index contributed by atoms with van der Waals surface area (Å²) in [6.07, 6.45) is 1.01. The number of hydrogen-bond acceptors (Lipinski definition) is 8. The van der Waals surface area contributed by atoms with Gasteiger partial charge in [0.05, 0.1) is 27.1 Å². The predicted octanol–water partition coefficient (Wildman–Crippen LogP) is 2.80. The van der Waals surface area contributed by atoms with Crippen LogP contribution in [0.2, 0.25) is 0 Å². The van der Waals surface area contributed by atoms with Crippen LogP contribution in [0.25, 0.3) is 0 Å². The molecule has 1 aliphatic heterocycles. The van der Waals surface area contributed by atoms with Crippen LogP contribution in [0.3, 0.4) is 0 Å². The Morgan fingerprint density at radius 1 is 0.909 bits per heavy atom. The molecule has 0 aliphatic carbocycles. The standard InChI is InChI=1S/C14H24O4S4/c1-17-13(15)3-5-19-7-11-9-22-12(10-21-11)8-20-6-4-14(16)18-2/h11-12H,3-10H2,1-2H3. The fourth-order valence-corrected chi connectivity index (χ4v) is 7.53. The summed E-state index contributed by atoms with van der Waals surface area (Å²) < 4.78 is 9.26. The van der Waals surface area contributed by atoms with Gasteiger partial charge in [0.15, 0.2) is 0 Å². The Morgan fingerprint density at radius 3 is 1.64 bits per heavy atom. The molecule has 4 nitrogen and oxygen atoms in total. The summed E-state index contributed by atoms with van der Waals surface area (Å²) >= 11 is 7.76.